The number of fused-ring (bicyclic) bond motifs is 1. The van der Waals surface area contributed by atoms with Crippen molar-refractivity contribution in [3.05, 3.63) is 33.2 Å². The molecule has 116 valence electrons. The zero-order chi connectivity index (χ0) is 15.0. The van der Waals surface area contributed by atoms with Gasteiger partial charge in [-0.05, 0) is 44.0 Å². The van der Waals surface area contributed by atoms with Crippen molar-refractivity contribution in [2.24, 2.45) is 5.92 Å². The molecule has 0 unspecified atom stereocenters. The molecule has 4 nitrogen and oxygen atoms in total. The van der Waals surface area contributed by atoms with Crippen molar-refractivity contribution < 1.29 is 0 Å². The zero-order valence-electron chi connectivity index (χ0n) is 13.5. The van der Waals surface area contributed by atoms with E-state index in [-0.39, 0.29) is 5.56 Å². The van der Waals surface area contributed by atoms with Crippen LogP contribution >= 0.6 is 0 Å². The van der Waals surface area contributed by atoms with Crippen LogP contribution in [0, 0.1) is 5.92 Å². The molecule has 0 saturated heterocycles. The molecule has 21 heavy (non-hydrogen) atoms. The van der Waals surface area contributed by atoms with Crippen LogP contribution in [0.25, 0.3) is 0 Å². The summed E-state index contributed by atoms with van der Waals surface area (Å²) in [7, 11) is 2.16. The predicted octanol–water partition coefficient (Wildman–Crippen LogP) is 1.92. The van der Waals surface area contributed by atoms with E-state index in [2.05, 4.69) is 41.7 Å². The van der Waals surface area contributed by atoms with Gasteiger partial charge in [0.05, 0.1) is 0 Å². The minimum Gasteiger partial charge on any atom is -0.312 e. The lowest BCUT2D eigenvalue weighted by Crippen LogP contribution is -2.36. The maximum Gasteiger partial charge on any atom is 0.255 e. The van der Waals surface area contributed by atoms with E-state index in [1.807, 2.05) is 0 Å². The monoisotopic (exact) mass is 289 g/mol. The minimum atomic E-state index is 0.247. The summed E-state index contributed by atoms with van der Waals surface area (Å²) in [5.74, 6) is 0.611. The average molecular weight is 289 g/mol. The van der Waals surface area contributed by atoms with Gasteiger partial charge in [0.1, 0.15) is 0 Å². The van der Waals surface area contributed by atoms with Crippen molar-refractivity contribution in [3.8, 4) is 0 Å². The number of hydrogen-bond acceptors (Lipinski definition) is 3. The highest BCUT2D eigenvalue weighted by Gasteiger charge is 2.30. The lowest BCUT2D eigenvalue weighted by molar-refractivity contribution is 0.303. The van der Waals surface area contributed by atoms with Gasteiger partial charge < -0.3 is 14.8 Å². The smallest absolute Gasteiger partial charge is 0.255 e. The van der Waals surface area contributed by atoms with Crippen molar-refractivity contribution in [1.29, 1.82) is 0 Å². The summed E-state index contributed by atoms with van der Waals surface area (Å²) < 4.78 is 2.12. The Kier molecular flexibility index (Phi) is 4.18. The third-order valence-electron chi connectivity index (χ3n) is 4.45. The summed E-state index contributed by atoms with van der Waals surface area (Å²) in [6.45, 7) is 8.07. The van der Waals surface area contributed by atoms with Gasteiger partial charge >= 0.3 is 0 Å². The van der Waals surface area contributed by atoms with Crippen LogP contribution in [-0.2, 0) is 19.5 Å². The molecule has 3 rings (SSSR count). The van der Waals surface area contributed by atoms with Crippen LogP contribution in [0.15, 0.2) is 10.9 Å². The Morgan fingerprint density at radius 1 is 1.38 bits per heavy atom. The lowest BCUT2D eigenvalue weighted by atomic mass is 10.0. The second kappa shape index (κ2) is 5.93. The molecule has 0 amide bonds. The molecule has 0 radical (unpaired) electrons. The molecule has 1 aliphatic carbocycles. The van der Waals surface area contributed by atoms with Gasteiger partial charge in [-0.3, -0.25) is 4.79 Å². The van der Waals surface area contributed by atoms with Gasteiger partial charge in [0.2, 0.25) is 0 Å². The first-order valence-electron chi connectivity index (χ1n) is 8.21. The first-order chi connectivity index (χ1) is 10.1. The van der Waals surface area contributed by atoms with Gasteiger partial charge in [-0.2, -0.15) is 0 Å². The van der Waals surface area contributed by atoms with Crippen LogP contribution in [0.5, 0.6) is 0 Å². The van der Waals surface area contributed by atoms with Crippen molar-refractivity contribution in [3.63, 3.8) is 0 Å². The fraction of sp³-hybridized carbons (Fsp3) is 0.706. The first-order valence-corrected chi connectivity index (χ1v) is 8.21. The molecule has 1 saturated carbocycles. The number of rotatable bonds is 5. The Morgan fingerprint density at radius 3 is 2.81 bits per heavy atom. The molecule has 2 aliphatic rings. The molecule has 0 spiro atoms. The van der Waals surface area contributed by atoms with Gasteiger partial charge in [0.25, 0.3) is 5.56 Å². The Morgan fingerprint density at radius 2 is 2.14 bits per heavy atom. The summed E-state index contributed by atoms with van der Waals surface area (Å²) in [6.07, 6.45) is 3.35. The van der Waals surface area contributed by atoms with Gasteiger partial charge in [-0.1, -0.05) is 13.8 Å². The Labute approximate surface area is 127 Å². The highest BCUT2D eigenvalue weighted by atomic mass is 16.1. The van der Waals surface area contributed by atoms with Crippen molar-refractivity contribution in [1.82, 2.24) is 14.8 Å². The van der Waals surface area contributed by atoms with E-state index in [1.54, 1.807) is 0 Å². The molecule has 0 atom stereocenters. The largest absolute Gasteiger partial charge is 0.312 e. The number of nitrogens with one attached hydrogen (secondary N) is 1. The van der Waals surface area contributed by atoms with Crippen LogP contribution in [0.3, 0.4) is 0 Å². The van der Waals surface area contributed by atoms with Crippen LogP contribution in [0.1, 0.15) is 49.6 Å². The van der Waals surface area contributed by atoms with E-state index < -0.39 is 0 Å². The minimum absolute atomic E-state index is 0.247. The third kappa shape index (κ3) is 3.22. The summed E-state index contributed by atoms with van der Waals surface area (Å²) in [5.41, 5.74) is 3.85. The van der Waals surface area contributed by atoms with Gasteiger partial charge in [-0.25, -0.2) is 0 Å². The zero-order valence-corrected chi connectivity index (χ0v) is 13.5. The topological polar surface area (TPSA) is 37.3 Å². The van der Waals surface area contributed by atoms with E-state index in [0.717, 1.165) is 31.6 Å². The summed E-state index contributed by atoms with van der Waals surface area (Å²) in [4.78, 5) is 15.1. The Hall–Kier alpha value is -1.13. The second-order valence-corrected chi connectivity index (χ2v) is 7.06. The van der Waals surface area contributed by atoms with E-state index in [9.17, 15) is 4.79 Å². The molecule has 1 N–H and O–H groups in total. The second-order valence-electron chi connectivity index (χ2n) is 7.06. The summed E-state index contributed by atoms with van der Waals surface area (Å²) in [6, 6.07) is 2.62. The van der Waals surface area contributed by atoms with Gasteiger partial charge in [0, 0.05) is 43.4 Å². The number of likely N-dealkylation sites (N-methyl/N-ethyl adjacent to an activating group) is 1. The molecular formula is C17H27N3O. The Bertz CT molecular complexity index is 572. The van der Waals surface area contributed by atoms with E-state index in [0.29, 0.717) is 18.5 Å². The fourth-order valence-electron chi connectivity index (χ4n) is 3.21. The summed E-state index contributed by atoms with van der Waals surface area (Å²) in [5, 5.41) is 3.42. The van der Waals surface area contributed by atoms with Crippen molar-refractivity contribution in [2.45, 2.75) is 52.2 Å². The molecule has 1 aromatic rings. The van der Waals surface area contributed by atoms with Gasteiger partial charge in [-0.15, -0.1) is 0 Å². The van der Waals surface area contributed by atoms with Gasteiger partial charge in [0.15, 0.2) is 0 Å². The molecule has 1 fully saturated rings. The molecule has 0 bridgehead atoms. The number of pyridine rings is 1. The fourth-order valence-corrected chi connectivity index (χ4v) is 3.21. The highest BCUT2D eigenvalue weighted by molar-refractivity contribution is 5.30. The standard InChI is InChI=1S/C17H27N3O/c1-12(2)9-18-10-13-8-14-11-19(3)7-6-16(14)20(17(13)21)15-4-5-15/h8,12,15,18H,4-7,9-11H2,1-3H3. The van der Waals surface area contributed by atoms with Crippen LogP contribution in [0.2, 0.25) is 0 Å². The quantitative estimate of drug-likeness (QED) is 0.900. The maximum absolute atomic E-state index is 12.8. The SMILES string of the molecule is CC(C)CNCc1cc2c(n(C3CC3)c1=O)CCN(C)C2. The molecule has 1 aromatic heterocycles. The highest BCUT2D eigenvalue weighted by Crippen LogP contribution is 2.36. The molecule has 0 aromatic carbocycles. The normalized spacial score (nSPS) is 19.0. The molecule has 2 heterocycles. The molecule has 4 heteroatoms. The van der Waals surface area contributed by atoms with Crippen molar-refractivity contribution in [2.75, 3.05) is 20.1 Å². The van der Waals surface area contributed by atoms with Crippen LogP contribution < -0.4 is 10.9 Å². The Balaban J connectivity index is 1.91. The first kappa shape index (κ1) is 14.8. The maximum atomic E-state index is 12.8. The van der Waals surface area contributed by atoms with E-state index in [1.165, 1.54) is 24.1 Å². The van der Waals surface area contributed by atoms with Crippen LogP contribution in [-0.4, -0.2) is 29.6 Å². The molecule has 1 aliphatic heterocycles. The van der Waals surface area contributed by atoms with E-state index in [4.69, 9.17) is 0 Å². The molecular weight excluding hydrogens is 262 g/mol. The number of hydrogen-bond donors (Lipinski definition) is 1. The lowest BCUT2D eigenvalue weighted by Gasteiger charge is -2.28. The van der Waals surface area contributed by atoms with Crippen LogP contribution in [0.4, 0.5) is 0 Å². The summed E-state index contributed by atoms with van der Waals surface area (Å²) >= 11 is 0. The predicted molar refractivity (Wildman–Crippen MR) is 85.6 cm³/mol. The third-order valence-corrected chi connectivity index (χ3v) is 4.45. The number of aromatic nitrogens is 1. The van der Waals surface area contributed by atoms with E-state index >= 15 is 0 Å². The average Bonchev–Trinajstić information content (AvgIpc) is 3.23. The number of nitrogens with zero attached hydrogens (tertiary/aromatic N) is 2. The van der Waals surface area contributed by atoms with Crippen molar-refractivity contribution >= 4 is 0 Å².